The van der Waals surface area contributed by atoms with Gasteiger partial charge in [0.15, 0.2) is 0 Å². The van der Waals surface area contributed by atoms with Gasteiger partial charge in [-0.05, 0) is 60.7 Å². The van der Waals surface area contributed by atoms with E-state index in [0.717, 1.165) is 38.4 Å². The fourth-order valence-corrected chi connectivity index (χ4v) is 3.32. The Morgan fingerprint density at radius 2 is 1.56 bits per heavy atom. The SMILES string of the molecule is C[C@@H](O)[C@H](NC(=O)c1ccc(C#CC#Cc2ccc(CN3CCOCC3)cc2)cc1)C(=O)NO. The van der Waals surface area contributed by atoms with Gasteiger partial charge in [0.1, 0.15) is 6.04 Å². The zero-order chi connectivity index (χ0) is 24.3. The second-order valence-electron chi connectivity index (χ2n) is 7.83. The van der Waals surface area contributed by atoms with Gasteiger partial charge in [-0.3, -0.25) is 19.7 Å². The highest BCUT2D eigenvalue weighted by molar-refractivity contribution is 5.97. The van der Waals surface area contributed by atoms with Crippen LogP contribution in [0.25, 0.3) is 0 Å². The zero-order valence-electron chi connectivity index (χ0n) is 18.9. The van der Waals surface area contributed by atoms with Crippen LogP contribution in [0.1, 0.15) is 34.0 Å². The highest BCUT2D eigenvalue weighted by atomic mass is 16.5. The molecule has 0 aliphatic carbocycles. The lowest BCUT2D eigenvalue weighted by molar-refractivity contribution is -0.133. The van der Waals surface area contributed by atoms with Gasteiger partial charge < -0.3 is 15.2 Å². The van der Waals surface area contributed by atoms with Crippen LogP contribution in [0.3, 0.4) is 0 Å². The molecule has 2 amide bonds. The van der Waals surface area contributed by atoms with E-state index in [2.05, 4.69) is 46.0 Å². The minimum atomic E-state index is -1.28. The highest BCUT2D eigenvalue weighted by Crippen LogP contribution is 2.09. The summed E-state index contributed by atoms with van der Waals surface area (Å²) in [4.78, 5) is 26.2. The van der Waals surface area contributed by atoms with Crippen LogP contribution in [0.4, 0.5) is 0 Å². The molecule has 0 radical (unpaired) electrons. The van der Waals surface area contributed by atoms with Crippen LogP contribution in [0, 0.1) is 23.7 Å². The number of rotatable bonds is 6. The van der Waals surface area contributed by atoms with Gasteiger partial charge in [0.25, 0.3) is 11.8 Å². The fraction of sp³-hybridized carbons (Fsp3) is 0.308. The summed E-state index contributed by atoms with van der Waals surface area (Å²) < 4.78 is 5.37. The lowest BCUT2D eigenvalue weighted by atomic mass is 10.1. The minimum absolute atomic E-state index is 0.283. The largest absolute Gasteiger partial charge is 0.391 e. The number of aliphatic hydroxyl groups excluding tert-OH is 1. The molecule has 2 atom stereocenters. The van der Waals surface area contributed by atoms with Crippen LogP contribution in [-0.2, 0) is 16.1 Å². The molecular formula is C26H27N3O5. The Morgan fingerprint density at radius 3 is 2.09 bits per heavy atom. The molecule has 34 heavy (non-hydrogen) atoms. The Hall–Kier alpha value is -3.66. The Morgan fingerprint density at radius 1 is 1.00 bits per heavy atom. The first kappa shape index (κ1) is 25.0. The fourth-order valence-electron chi connectivity index (χ4n) is 3.32. The number of aliphatic hydroxyl groups is 1. The molecule has 0 aromatic heterocycles. The summed E-state index contributed by atoms with van der Waals surface area (Å²) in [6.07, 6.45) is -1.18. The van der Waals surface area contributed by atoms with Crippen molar-refractivity contribution < 1.29 is 24.6 Å². The van der Waals surface area contributed by atoms with Gasteiger partial charge in [0.2, 0.25) is 0 Å². The third kappa shape index (κ3) is 7.45. The maximum Gasteiger partial charge on any atom is 0.268 e. The van der Waals surface area contributed by atoms with Gasteiger partial charge in [-0.2, -0.15) is 0 Å². The summed E-state index contributed by atoms with van der Waals surface area (Å²) in [5.74, 6) is 10.1. The number of carbonyl (C=O) groups is 2. The van der Waals surface area contributed by atoms with Crippen molar-refractivity contribution in [1.82, 2.24) is 15.7 Å². The Bertz CT molecular complexity index is 1100. The van der Waals surface area contributed by atoms with Crippen molar-refractivity contribution in [3.8, 4) is 23.7 Å². The van der Waals surface area contributed by atoms with Gasteiger partial charge in [0, 0.05) is 36.3 Å². The van der Waals surface area contributed by atoms with Gasteiger partial charge in [0.05, 0.1) is 19.3 Å². The summed E-state index contributed by atoms with van der Waals surface area (Å²) in [5, 5.41) is 20.7. The number of benzene rings is 2. The summed E-state index contributed by atoms with van der Waals surface area (Å²) >= 11 is 0. The first-order valence-corrected chi connectivity index (χ1v) is 10.9. The van der Waals surface area contributed by atoms with Gasteiger partial charge in [-0.1, -0.05) is 24.0 Å². The molecule has 1 aliphatic rings. The number of hydroxylamine groups is 1. The second kappa shape index (κ2) is 12.5. The van der Waals surface area contributed by atoms with E-state index in [0.29, 0.717) is 5.56 Å². The predicted octanol–water partition coefficient (Wildman–Crippen LogP) is 0.907. The number of hydrogen-bond acceptors (Lipinski definition) is 6. The molecule has 0 saturated carbocycles. The predicted molar refractivity (Wildman–Crippen MR) is 126 cm³/mol. The van der Waals surface area contributed by atoms with Crippen molar-refractivity contribution >= 4 is 11.8 Å². The quantitative estimate of drug-likeness (QED) is 0.289. The number of ether oxygens (including phenoxy) is 1. The summed E-state index contributed by atoms with van der Waals surface area (Å²) in [7, 11) is 0. The maximum atomic E-state index is 12.3. The number of morpholine rings is 1. The van der Waals surface area contributed by atoms with Crippen molar-refractivity contribution in [2.45, 2.75) is 25.6 Å². The third-order valence-electron chi connectivity index (χ3n) is 5.25. The van der Waals surface area contributed by atoms with Crippen LogP contribution < -0.4 is 10.8 Å². The molecule has 0 bridgehead atoms. The van der Waals surface area contributed by atoms with Crippen molar-refractivity contribution in [3.63, 3.8) is 0 Å². The average molecular weight is 462 g/mol. The monoisotopic (exact) mass is 461 g/mol. The normalized spacial score (nSPS) is 15.0. The number of carbonyl (C=O) groups excluding carboxylic acids is 2. The zero-order valence-corrected chi connectivity index (χ0v) is 18.9. The second-order valence-corrected chi connectivity index (χ2v) is 7.83. The van der Waals surface area contributed by atoms with Crippen molar-refractivity contribution in [2.24, 2.45) is 0 Å². The van der Waals surface area contributed by atoms with Crippen molar-refractivity contribution in [3.05, 3.63) is 70.8 Å². The van der Waals surface area contributed by atoms with E-state index in [1.54, 1.807) is 24.3 Å². The first-order chi connectivity index (χ1) is 16.5. The van der Waals surface area contributed by atoms with Crippen LogP contribution in [0.5, 0.6) is 0 Å². The Kier molecular flexibility index (Phi) is 9.21. The summed E-state index contributed by atoms with van der Waals surface area (Å²) in [5.41, 5.74) is 4.49. The van der Waals surface area contributed by atoms with Crippen molar-refractivity contribution in [2.75, 3.05) is 26.3 Å². The molecule has 0 spiro atoms. The highest BCUT2D eigenvalue weighted by Gasteiger charge is 2.25. The lowest BCUT2D eigenvalue weighted by Gasteiger charge is -2.26. The lowest BCUT2D eigenvalue weighted by Crippen LogP contribution is -2.51. The molecule has 1 saturated heterocycles. The number of hydrogen-bond donors (Lipinski definition) is 4. The van der Waals surface area contributed by atoms with Crippen LogP contribution in [-0.4, -0.2) is 65.5 Å². The van der Waals surface area contributed by atoms with E-state index in [9.17, 15) is 14.7 Å². The Labute approximate surface area is 198 Å². The smallest absolute Gasteiger partial charge is 0.268 e. The van der Waals surface area contributed by atoms with Crippen LogP contribution >= 0.6 is 0 Å². The molecule has 4 N–H and O–H groups in total. The molecule has 1 aliphatic heterocycles. The van der Waals surface area contributed by atoms with E-state index < -0.39 is 24.0 Å². The molecule has 3 rings (SSSR count). The van der Waals surface area contributed by atoms with Gasteiger partial charge in [-0.25, -0.2) is 5.48 Å². The molecule has 0 unspecified atom stereocenters. The molecule has 2 aromatic rings. The minimum Gasteiger partial charge on any atom is -0.391 e. The average Bonchev–Trinajstić information content (AvgIpc) is 2.86. The van der Waals surface area contributed by atoms with Crippen LogP contribution in [0.15, 0.2) is 48.5 Å². The molecule has 8 heteroatoms. The van der Waals surface area contributed by atoms with Crippen LogP contribution in [0.2, 0.25) is 0 Å². The van der Waals surface area contributed by atoms with E-state index >= 15 is 0 Å². The number of nitrogens with one attached hydrogen (secondary N) is 2. The van der Waals surface area contributed by atoms with E-state index in [1.807, 2.05) is 12.1 Å². The third-order valence-corrected chi connectivity index (χ3v) is 5.25. The number of amides is 2. The number of nitrogens with zero attached hydrogens (tertiary/aromatic N) is 1. The molecular weight excluding hydrogens is 434 g/mol. The first-order valence-electron chi connectivity index (χ1n) is 10.9. The van der Waals surface area contributed by atoms with E-state index in [1.165, 1.54) is 18.0 Å². The molecule has 8 nitrogen and oxygen atoms in total. The maximum absolute atomic E-state index is 12.3. The summed E-state index contributed by atoms with van der Waals surface area (Å²) in [6, 6.07) is 13.3. The molecule has 2 aromatic carbocycles. The van der Waals surface area contributed by atoms with Crippen molar-refractivity contribution in [1.29, 1.82) is 0 Å². The topological polar surface area (TPSA) is 111 Å². The molecule has 1 heterocycles. The van der Waals surface area contributed by atoms with E-state index in [4.69, 9.17) is 9.94 Å². The summed E-state index contributed by atoms with van der Waals surface area (Å²) in [6.45, 7) is 5.70. The molecule has 1 fully saturated rings. The van der Waals surface area contributed by atoms with E-state index in [-0.39, 0.29) is 5.56 Å². The standard InChI is InChI=1S/C26H27N3O5/c1-19(30)24(26(32)28-33)27-25(31)23-12-10-21(11-13-23)5-3-2-4-20-6-8-22(9-7-20)18-29-14-16-34-17-15-29/h6-13,19,24,30,33H,14-18H2,1H3,(H,27,31)(H,28,32)/t19-,24+/m1/s1. The molecule has 176 valence electrons. The van der Waals surface area contributed by atoms with Gasteiger partial charge in [-0.15, -0.1) is 0 Å². The van der Waals surface area contributed by atoms with Gasteiger partial charge >= 0.3 is 0 Å². The Balaban J connectivity index is 1.55.